The maximum absolute atomic E-state index is 5.75. The van der Waals surface area contributed by atoms with Crippen molar-refractivity contribution in [2.45, 2.75) is 39.2 Å². The average molecular weight is 166 g/mol. The van der Waals surface area contributed by atoms with Crippen molar-refractivity contribution < 1.29 is 4.74 Å². The maximum Gasteiger partial charge on any atom is 0.102 e. The van der Waals surface area contributed by atoms with Crippen molar-refractivity contribution in [1.29, 1.82) is 0 Å². The molecular weight excluding hydrogens is 148 g/mol. The largest absolute Gasteiger partial charge is 0.495 e. The summed E-state index contributed by atoms with van der Waals surface area (Å²) in [4.78, 5) is 0. The highest BCUT2D eigenvalue weighted by atomic mass is 16.5. The second kappa shape index (κ2) is 2.79. The Labute approximate surface area is 74.8 Å². The molecule has 0 aromatic carbocycles. The second-order valence-corrected chi connectivity index (χ2v) is 4.49. The standard InChI is InChI=1S/C11H18O/c1-7-4-5-10-8(2)9(3)12-11(10)6-7/h7-8,10-11H,3-6H2,1-2H3/t7-,8?,10+,11-/m1/s1. The molecule has 0 amide bonds. The third-order valence-corrected chi connectivity index (χ3v) is 3.56. The molecule has 0 spiro atoms. The van der Waals surface area contributed by atoms with Crippen LogP contribution < -0.4 is 0 Å². The van der Waals surface area contributed by atoms with Crippen LogP contribution >= 0.6 is 0 Å². The summed E-state index contributed by atoms with van der Waals surface area (Å²) < 4.78 is 5.75. The minimum Gasteiger partial charge on any atom is -0.495 e. The van der Waals surface area contributed by atoms with Gasteiger partial charge in [0.2, 0.25) is 0 Å². The van der Waals surface area contributed by atoms with Crippen LogP contribution in [0.15, 0.2) is 12.3 Å². The van der Waals surface area contributed by atoms with E-state index in [0.717, 1.165) is 17.6 Å². The fourth-order valence-corrected chi connectivity index (χ4v) is 2.60. The van der Waals surface area contributed by atoms with Gasteiger partial charge in [0, 0.05) is 11.8 Å². The smallest absolute Gasteiger partial charge is 0.102 e. The van der Waals surface area contributed by atoms with Gasteiger partial charge in [0.25, 0.3) is 0 Å². The molecule has 12 heavy (non-hydrogen) atoms. The lowest BCUT2D eigenvalue weighted by molar-refractivity contribution is 0.0752. The summed E-state index contributed by atoms with van der Waals surface area (Å²) in [5.41, 5.74) is 0. The number of allylic oxidation sites excluding steroid dienone is 1. The van der Waals surface area contributed by atoms with Crippen LogP contribution in [0.3, 0.4) is 0 Å². The Hall–Kier alpha value is -0.460. The van der Waals surface area contributed by atoms with Gasteiger partial charge in [-0.1, -0.05) is 26.8 Å². The first kappa shape index (κ1) is 8.15. The van der Waals surface area contributed by atoms with Gasteiger partial charge in [-0.05, 0) is 18.8 Å². The Morgan fingerprint density at radius 2 is 2.08 bits per heavy atom. The van der Waals surface area contributed by atoms with Gasteiger partial charge in [-0.15, -0.1) is 0 Å². The first-order chi connectivity index (χ1) is 5.68. The average Bonchev–Trinajstić information content (AvgIpc) is 2.28. The van der Waals surface area contributed by atoms with Crippen LogP contribution in [0.4, 0.5) is 0 Å². The first-order valence-electron chi connectivity index (χ1n) is 5.04. The molecule has 0 aromatic rings. The van der Waals surface area contributed by atoms with Gasteiger partial charge in [0.15, 0.2) is 0 Å². The van der Waals surface area contributed by atoms with E-state index in [2.05, 4.69) is 20.4 Å². The highest BCUT2D eigenvalue weighted by Gasteiger charge is 2.40. The predicted octanol–water partition coefficient (Wildman–Crippen LogP) is 2.97. The minimum atomic E-state index is 0.497. The summed E-state index contributed by atoms with van der Waals surface area (Å²) in [6, 6.07) is 0. The van der Waals surface area contributed by atoms with E-state index in [9.17, 15) is 0 Å². The van der Waals surface area contributed by atoms with E-state index in [4.69, 9.17) is 4.74 Å². The van der Waals surface area contributed by atoms with Gasteiger partial charge in [-0.2, -0.15) is 0 Å². The highest BCUT2D eigenvalue weighted by molar-refractivity contribution is 5.03. The first-order valence-corrected chi connectivity index (χ1v) is 5.04. The molecule has 0 N–H and O–H groups in total. The number of fused-ring (bicyclic) bond motifs is 1. The Kier molecular flexibility index (Phi) is 1.90. The van der Waals surface area contributed by atoms with Crippen molar-refractivity contribution in [2.24, 2.45) is 17.8 Å². The summed E-state index contributed by atoms with van der Waals surface area (Å²) in [5.74, 6) is 3.25. The van der Waals surface area contributed by atoms with Crippen LogP contribution in [-0.4, -0.2) is 6.10 Å². The number of hydrogen-bond donors (Lipinski definition) is 0. The molecule has 1 aliphatic heterocycles. The SMILES string of the molecule is C=C1O[C@@H]2C[C@H](C)CC[C@H]2C1C. The number of hydrogen-bond acceptors (Lipinski definition) is 1. The zero-order valence-electron chi connectivity index (χ0n) is 8.05. The van der Waals surface area contributed by atoms with Crippen LogP contribution in [0.25, 0.3) is 0 Å². The number of rotatable bonds is 0. The van der Waals surface area contributed by atoms with Crippen LogP contribution in [0.1, 0.15) is 33.1 Å². The van der Waals surface area contributed by atoms with Crippen LogP contribution in [0.2, 0.25) is 0 Å². The van der Waals surface area contributed by atoms with Crippen LogP contribution in [0.5, 0.6) is 0 Å². The zero-order valence-corrected chi connectivity index (χ0v) is 8.05. The fourth-order valence-electron chi connectivity index (χ4n) is 2.60. The van der Waals surface area contributed by atoms with Crippen molar-refractivity contribution in [3.8, 4) is 0 Å². The minimum absolute atomic E-state index is 0.497. The lowest BCUT2D eigenvalue weighted by Crippen LogP contribution is -2.27. The summed E-state index contributed by atoms with van der Waals surface area (Å²) >= 11 is 0. The van der Waals surface area contributed by atoms with E-state index in [0.29, 0.717) is 12.0 Å². The van der Waals surface area contributed by atoms with E-state index in [1.54, 1.807) is 0 Å². The molecule has 0 radical (unpaired) electrons. The van der Waals surface area contributed by atoms with Gasteiger partial charge in [-0.3, -0.25) is 0 Å². The monoisotopic (exact) mass is 166 g/mol. The van der Waals surface area contributed by atoms with Crippen LogP contribution in [0, 0.1) is 17.8 Å². The molecule has 1 saturated carbocycles. The van der Waals surface area contributed by atoms with Gasteiger partial charge < -0.3 is 4.74 Å². The van der Waals surface area contributed by atoms with Crippen molar-refractivity contribution in [2.75, 3.05) is 0 Å². The number of ether oxygens (including phenoxy) is 1. The summed E-state index contributed by atoms with van der Waals surface area (Å²) in [6.45, 7) is 8.54. The molecule has 0 bridgehead atoms. The molecule has 1 unspecified atom stereocenters. The molecule has 2 fully saturated rings. The molecule has 2 aliphatic rings. The fraction of sp³-hybridized carbons (Fsp3) is 0.818. The van der Waals surface area contributed by atoms with Crippen molar-refractivity contribution in [3.05, 3.63) is 12.3 Å². The molecule has 68 valence electrons. The van der Waals surface area contributed by atoms with Gasteiger partial charge in [0.05, 0.1) is 5.76 Å². The lowest BCUT2D eigenvalue weighted by Gasteiger charge is -2.29. The van der Waals surface area contributed by atoms with E-state index in [1.807, 2.05) is 0 Å². The van der Waals surface area contributed by atoms with Crippen molar-refractivity contribution >= 4 is 0 Å². The Morgan fingerprint density at radius 3 is 2.83 bits per heavy atom. The molecule has 0 aromatic heterocycles. The van der Waals surface area contributed by atoms with E-state index in [-0.39, 0.29) is 0 Å². The van der Waals surface area contributed by atoms with Crippen molar-refractivity contribution in [1.82, 2.24) is 0 Å². The predicted molar refractivity (Wildman–Crippen MR) is 49.7 cm³/mol. The molecule has 1 nitrogen and oxygen atoms in total. The molecule has 1 aliphatic carbocycles. The maximum atomic E-state index is 5.75. The molecule has 2 rings (SSSR count). The zero-order chi connectivity index (χ0) is 8.72. The van der Waals surface area contributed by atoms with E-state index < -0.39 is 0 Å². The molecule has 4 atom stereocenters. The third-order valence-electron chi connectivity index (χ3n) is 3.56. The van der Waals surface area contributed by atoms with E-state index in [1.165, 1.54) is 19.3 Å². The Balaban J connectivity index is 2.09. The molecular formula is C11H18O. The Morgan fingerprint density at radius 1 is 1.33 bits per heavy atom. The molecule has 1 saturated heterocycles. The van der Waals surface area contributed by atoms with Gasteiger partial charge in [-0.25, -0.2) is 0 Å². The van der Waals surface area contributed by atoms with Gasteiger partial charge in [0.1, 0.15) is 6.10 Å². The molecule has 1 heterocycles. The summed E-state index contributed by atoms with van der Waals surface area (Å²) in [7, 11) is 0. The summed E-state index contributed by atoms with van der Waals surface area (Å²) in [6.07, 6.45) is 4.46. The van der Waals surface area contributed by atoms with Crippen molar-refractivity contribution in [3.63, 3.8) is 0 Å². The third kappa shape index (κ3) is 1.16. The van der Waals surface area contributed by atoms with Crippen LogP contribution in [-0.2, 0) is 4.74 Å². The topological polar surface area (TPSA) is 9.23 Å². The normalized spacial score (nSPS) is 47.0. The quantitative estimate of drug-likeness (QED) is 0.537. The van der Waals surface area contributed by atoms with E-state index >= 15 is 0 Å². The second-order valence-electron chi connectivity index (χ2n) is 4.49. The lowest BCUT2D eigenvalue weighted by atomic mass is 9.76. The Bertz CT molecular complexity index is 197. The van der Waals surface area contributed by atoms with Gasteiger partial charge >= 0.3 is 0 Å². The highest BCUT2D eigenvalue weighted by Crippen LogP contribution is 2.44. The summed E-state index contributed by atoms with van der Waals surface area (Å²) in [5, 5.41) is 0. The molecule has 1 heteroatoms.